The second-order valence-corrected chi connectivity index (χ2v) is 5.18. The molecule has 1 aliphatic rings. The molecule has 0 bridgehead atoms. The van der Waals surface area contributed by atoms with Gasteiger partial charge in [0.1, 0.15) is 0 Å². The first-order chi connectivity index (χ1) is 11.8. The molecule has 0 radical (unpaired) electrons. The number of benzene rings is 2. The minimum absolute atomic E-state index is 0.0421. The number of fused-ring (bicyclic) bond motifs is 1. The van der Waals surface area contributed by atoms with E-state index in [1.165, 1.54) is 6.07 Å². The van der Waals surface area contributed by atoms with Crippen molar-refractivity contribution in [3.63, 3.8) is 0 Å². The van der Waals surface area contributed by atoms with E-state index in [4.69, 9.17) is 4.74 Å². The molecule has 0 aliphatic carbocycles. The van der Waals surface area contributed by atoms with Crippen LogP contribution >= 0.6 is 0 Å². The van der Waals surface area contributed by atoms with E-state index in [0.717, 1.165) is 18.2 Å². The van der Waals surface area contributed by atoms with Crippen LogP contribution in [0.25, 0.3) is 12.2 Å². The lowest BCUT2D eigenvalue weighted by Crippen LogP contribution is -2.00. The van der Waals surface area contributed by atoms with E-state index in [1.54, 1.807) is 0 Å². The number of rotatable bonds is 2. The van der Waals surface area contributed by atoms with Crippen molar-refractivity contribution < 1.29 is 40.2 Å². The highest BCUT2D eigenvalue weighted by Gasteiger charge is 2.36. The third-order valence-corrected chi connectivity index (χ3v) is 3.73. The molecule has 8 heteroatoms. The molecule has 1 aliphatic heterocycles. The third kappa shape index (κ3) is 2.19. The van der Waals surface area contributed by atoms with Gasteiger partial charge in [-0.1, -0.05) is 12.7 Å². The van der Waals surface area contributed by atoms with Crippen LogP contribution < -0.4 is 4.74 Å². The molecule has 0 atom stereocenters. The lowest BCUT2D eigenvalue weighted by atomic mass is 10.00. The summed E-state index contributed by atoms with van der Waals surface area (Å²) in [6, 6.07) is 2.32. The Labute approximate surface area is 140 Å². The van der Waals surface area contributed by atoms with Crippen molar-refractivity contribution in [3.8, 4) is 40.2 Å². The number of hydrogen-bond acceptors (Lipinski definition) is 8. The van der Waals surface area contributed by atoms with Gasteiger partial charge in [0.05, 0.1) is 5.56 Å². The number of carbonyl (C=O) groups excluding carboxylic acids is 1. The van der Waals surface area contributed by atoms with Crippen LogP contribution in [0.2, 0.25) is 0 Å². The van der Waals surface area contributed by atoms with Gasteiger partial charge < -0.3 is 35.4 Å². The average Bonchev–Trinajstić information content (AvgIpc) is 2.91. The molecular formula is C17H12O8. The molecule has 0 saturated heterocycles. The Kier molecular flexibility index (Phi) is 3.45. The Balaban J connectivity index is 2.18. The quantitative estimate of drug-likeness (QED) is 0.359. The van der Waals surface area contributed by atoms with E-state index < -0.39 is 40.3 Å². The van der Waals surface area contributed by atoms with Crippen LogP contribution in [-0.2, 0) is 0 Å². The molecule has 0 aromatic heterocycles. The highest BCUT2D eigenvalue weighted by atomic mass is 16.5. The largest absolute Gasteiger partial charge is 0.504 e. The van der Waals surface area contributed by atoms with Crippen molar-refractivity contribution in [3.05, 3.63) is 41.2 Å². The number of ether oxygens (including phenoxy) is 1. The molecular weight excluding hydrogens is 332 g/mol. The van der Waals surface area contributed by atoms with Gasteiger partial charge in [0.2, 0.25) is 23.0 Å². The van der Waals surface area contributed by atoms with Gasteiger partial charge in [-0.3, -0.25) is 4.79 Å². The number of Topliss-reactive ketones (excluding diaryl/α,β-unsaturated/α-hetero) is 1. The number of phenolic OH excluding ortho intramolecular Hbond substituents is 6. The number of phenols is 6. The fourth-order valence-electron chi connectivity index (χ4n) is 2.45. The lowest BCUT2D eigenvalue weighted by molar-refractivity contribution is 0.101. The van der Waals surface area contributed by atoms with Crippen LogP contribution in [0, 0.1) is 0 Å². The summed E-state index contributed by atoms with van der Waals surface area (Å²) in [6.07, 6.45) is 2.18. The lowest BCUT2D eigenvalue weighted by Gasteiger charge is -2.08. The van der Waals surface area contributed by atoms with E-state index in [9.17, 15) is 35.4 Å². The summed E-state index contributed by atoms with van der Waals surface area (Å²) < 4.78 is 5.24. The maximum atomic E-state index is 12.5. The highest BCUT2D eigenvalue weighted by molar-refractivity contribution is 6.18. The molecule has 2 aromatic carbocycles. The number of carbonyl (C=O) groups is 1. The van der Waals surface area contributed by atoms with Crippen LogP contribution in [-0.4, -0.2) is 36.4 Å². The predicted octanol–water partition coefficient (Wildman–Crippen LogP) is 2.18. The van der Waals surface area contributed by atoms with Gasteiger partial charge in [0.15, 0.2) is 28.8 Å². The number of allylic oxidation sites excluding steroid dienone is 1. The van der Waals surface area contributed by atoms with Crippen LogP contribution in [0.5, 0.6) is 40.2 Å². The van der Waals surface area contributed by atoms with E-state index >= 15 is 0 Å². The monoisotopic (exact) mass is 344 g/mol. The van der Waals surface area contributed by atoms with Gasteiger partial charge in [-0.2, -0.15) is 0 Å². The molecule has 0 amide bonds. The van der Waals surface area contributed by atoms with Gasteiger partial charge in [-0.05, 0) is 18.2 Å². The maximum Gasteiger partial charge on any atom is 0.232 e. The summed E-state index contributed by atoms with van der Waals surface area (Å²) in [7, 11) is 0. The maximum absolute atomic E-state index is 12.5. The number of hydrogen-bond donors (Lipinski definition) is 6. The Morgan fingerprint density at radius 2 is 1.56 bits per heavy atom. The van der Waals surface area contributed by atoms with Gasteiger partial charge in [-0.25, -0.2) is 0 Å². The topological polar surface area (TPSA) is 148 Å². The SMILES string of the molecule is C=Cc1c(O)c(O)c(O)c2c1C(=O)/C(=C/c1ccc(O)c(O)c1O)O2. The molecule has 8 nitrogen and oxygen atoms in total. The van der Waals surface area contributed by atoms with Crippen molar-refractivity contribution in [2.75, 3.05) is 0 Å². The summed E-state index contributed by atoms with van der Waals surface area (Å²) in [4.78, 5) is 12.5. The molecule has 6 N–H and O–H groups in total. The molecule has 0 spiro atoms. The zero-order chi connectivity index (χ0) is 18.5. The summed E-state index contributed by atoms with van der Waals surface area (Å²) in [5.74, 6) is -5.90. The normalized spacial score (nSPS) is 14.4. The van der Waals surface area contributed by atoms with Crippen molar-refractivity contribution in [2.45, 2.75) is 0 Å². The summed E-state index contributed by atoms with van der Waals surface area (Å²) in [6.45, 7) is 3.44. The molecule has 2 aromatic rings. The van der Waals surface area contributed by atoms with E-state index in [2.05, 4.69) is 6.58 Å². The van der Waals surface area contributed by atoms with Crippen LogP contribution in [0.1, 0.15) is 21.5 Å². The average molecular weight is 344 g/mol. The third-order valence-electron chi connectivity index (χ3n) is 3.73. The molecule has 0 saturated carbocycles. The Morgan fingerprint density at radius 1 is 0.880 bits per heavy atom. The first kappa shape index (κ1) is 16.1. The Bertz CT molecular complexity index is 972. The first-order valence-electron chi connectivity index (χ1n) is 6.89. The fraction of sp³-hybridized carbons (Fsp3) is 0. The summed E-state index contributed by atoms with van der Waals surface area (Å²) >= 11 is 0. The number of aromatic hydroxyl groups is 6. The van der Waals surface area contributed by atoms with E-state index in [0.29, 0.717) is 0 Å². The van der Waals surface area contributed by atoms with Gasteiger partial charge in [0, 0.05) is 11.1 Å². The van der Waals surface area contributed by atoms with Gasteiger partial charge in [-0.15, -0.1) is 0 Å². The van der Waals surface area contributed by atoms with Crippen molar-refractivity contribution in [1.29, 1.82) is 0 Å². The second-order valence-electron chi connectivity index (χ2n) is 5.18. The van der Waals surface area contributed by atoms with E-state index in [1.807, 2.05) is 0 Å². The molecule has 128 valence electrons. The van der Waals surface area contributed by atoms with Crippen molar-refractivity contribution in [2.24, 2.45) is 0 Å². The smallest absolute Gasteiger partial charge is 0.232 e. The zero-order valence-corrected chi connectivity index (χ0v) is 12.5. The number of ketones is 1. The predicted molar refractivity (Wildman–Crippen MR) is 85.9 cm³/mol. The molecule has 3 rings (SSSR count). The van der Waals surface area contributed by atoms with Crippen LogP contribution in [0.4, 0.5) is 0 Å². The highest BCUT2D eigenvalue weighted by Crippen LogP contribution is 2.52. The van der Waals surface area contributed by atoms with E-state index in [-0.39, 0.29) is 28.2 Å². The summed E-state index contributed by atoms with van der Waals surface area (Å²) in [5.41, 5.74) is -0.382. The summed E-state index contributed by atoms with van der Waals surface area (Å²) in [5, 5.41) is 58.1. The van der Waals surface area contributed by atoms with Crippen molar-refractivity contribution >= 4 is 17.9 Å². The molecule has 25 heavy (non-hydrogen) atoms. The minimum atomic E-state index is -0.868. The zero-order valence-electron chi connectivity index (χ0n) is 12.5. The van der Waals surface area contributed by atoms with Crippen LogP contribution in [0.15, 0.2) is 24.5 Å². The molecule has 0 unspecified atom stereocenters. The Hall–Kier alpha value is -3.81. The van der Waals surface area contributed by atoms with Gasteiger partial charge in [0.25, 0.3) is 0 Å². The second kappa shape index (κ2) is 5.38. The molecule has 1 heterocycles. The first-order valence-corrected chi connectivity index (χ1v) is 6.89. The standard InChI is InChI=1S/C17H12O8/c1-2-7-10-14(22)9(25-17(10)16(24)15(23)12(7)20)5-6-3-4-8(18)13(21)11(6)19/h2-5,18-21,23-24H,1H2/b9-5-. The molecule has 0 fully saturated rings. The fourth-order valence-corrected chi connectivity index (χ4v) is 2.45. The van der Waals surface area contributed by atoms with Gasteiger partial charge >= 0.3 is 0 Å². The minimum Gasteiger partial charge on any atom is -0.504 e. The Morgan fingerprint density at radius 3 is 2.20 bits per heavy atom. The van der Waals surface area contributed by atoms with Crippen LogP contribution in [0.3, 0.4) is 0 Å². The van der Waals surface area contributed by atoms with Crippen molar-refractivity contribution in [1.82, 2.24) is 0 Å².